The maximum absolute atomic E-state index is 10.3. The minimum Gasteiger partial charge on any atom is -0.480 e. The number of carboxylic acids is 1. The van der Waals surface area contributed by atoms with E-state index < -0.39 is 12.0 Å². The third kappa shape index (κ3) is 4.13. The highest BCUT2D eigenvalue weighted by atomic mass is 31.0. The van der Waals surface area contributed by atoms with E-state index in [1.807, 2.05) is 0 Å². The van der Waals surface area contributed by atoms with Crippen LogP contribution in [0.3, 0.4) is 0 Å². The van der Waals surface area contributed by atoms with Gasteiger partial charge in [-0.15, -0.1) is 0 Å². The van der Waals surface area contributed by atoms with Crippen LogP contribution in [-0.2, 0) is 9.32 Å². The van der Waals surface area contributed by atoms with E-state index in [1.165, 1.54) is 0 Å². The summed E-state index contributed by atoms with van der Waals surface area (Å²) in [6.45, 7) is 0.420. The van der Waals surface area contributed by atoms with E-state index >= 15 is 0 Å². The molecule has 10 heavy (non-hydrogen) atoms. The molecule has 0 aromatic heterocycles. The molecule has 0 aromatic carbocycles. The fraction of sp³-hybridized carbons (Fsp3) is 0.750. The molecule has 4 nitrogen and oxygen atoms in total. The first-order valence-corrected chi connectivity index (χ1v) is 3.78. The van der Waals surface area contributed by atoms with Crippen molar-refractivity contribution in [2.24, 2.45) is 0 Å². The van der Waals surface area contributed by atoms with Crippen LogP contribution in [-0.4, -0.2) is 23.7 Å². The van der Waals surface area contributed by atoms with E-state index in [0.717, 1.165) is 0 Å². The van der Waals surface area contributed by atoms with Crippen molar-refractivity contribution in [3.63, 3.8) is 0 Å². The number of hydrogen-bond donors (Lipinski definition) is 2. The van der Waals surface area contributed by atoms with Gasteiger partial charge in [0.2, 0.25) is 0 Å². The Balaban J connectivity index is 3.50. The molecular formula is C4H11NO3P2. The monoisotopic (exact) mass is 183 g/mol. The molecule has 0 saturated carbocycles. The number of nitrogens with one attached hydrogen (secondary N) is 1. The second-order valence-electron chi connectivity index (χ2n) is 1.72. The van der Waals surface area contributed by atoms with Gasteiger partial charge in [-0.2, -0.15) is 0 Å². The molecular weight excluding hydrogens is 172 g/mol. The number of hydrogen-bond acceptors (Lipinski definition) is 3. The SMILES string of the molecule is O=C(O)[C@H](CCOP)NP. The van der Waals surface area contributed by atoms with Crippen LogP contribution in [0.2, 0.25) is 0 Å². The van der Waals surface area contributed by atoms with Crippen LogP contribution in [0.15, 0.2) is 0 Å². The van der Waals surface area contributed by atoms with Crippen LogP contribution in [0, 0.1) is 0 Å². The van der Waals surface area contributed by atoms with Crippen molar-refractivity contribution >= 4 is 24.8 Å². The van der Waals surface area contributed by atoms with Crippen LogP contribution >= 0.6 is 18.9 Å². The smallest absolute Gasteiger partial charge is 0.321 e. The van der Waals surface area contributed by atoms with Crippen molar-refractivity contribution in [1.82, 2.24) is 5.09 Å². The van der Waals surface area contributed by atoms with E-state index in [1.54, 1.807) is 0 Å². The molecule has 0 radical (unpaired) electrons. The van der Waals surface area contributed by atoms with Crippen molar-refractivity contribution in [3.8, 4) is 0 Å². The predicted octanol–water partition coefficient (Wildman–Crippen LogP) is 0.0161. The Hall–Kier alpha value is 0.250. The predicted molar refractivity (Wildman–Crippen MR) is 44.5 cm³/mol. The van der Waals surface area contributed by atoms with Crippen LogP contribution in [0.4, 0.5) is 0 Å². The number of carboxylic acid groups (broad SMARTS) is 1. The summed E-state index contributed by atoms with van der Waals surface area (Å²) in [4.78, 5) is 10.3. The van der Waals surface area contributed by atoms with Crippen LogP contribution in [0.25, 0.3) is 0 Å². The van der Waals surface area contributed by atoms with Gasteiger partial charge in [-0.05, 0) is 6.42 Å². The van der Waals surface area contributed by atoms with Gasteiger partial charge in [-0.3, -0.25) is 9.88 Å². The summed E-state index contributed by atoms with van der Waals surface area (Å²) in [5, 5.41) is 11.0. The first-order chi connectivity index (χ1) is 4.72. The maximum Gasteiger partial charge on any atom is 0.321 e. The molecule has 3 atom stereocenters. The first-order valence-electron chi connectivity index (χ1n) is 2.73. The Morgan fingerprint density at radius 3 is 2.70 bits per heavy atom. The largest absolute Gasteiger partial charge is 0.480 e. The quantitative estimate of drug-likeness (QED) is 0.589. The Kier molecular flexibility index (Phi) is 6.14. The lowest BCUT2D eigenvalue weighted by Gasteiger charge is -2.08. The lowest BCUT2D eigenvalue weighted by atomic mass is 10.2. The molecule has 0 aliphatic heterocycles. The molecule has 2 unspecified atom stereocenters. The van der Waals surface area contributed by atoms with Gasteiger partial charge in [0.1, 0.15) is 6.04 Å². The van der Waals surface area contributed by atoms with E-state index in [9.17, 15) is 4.79 Å². The molecule has 0 aliphatic carbocycles. The lowest BCUT2D eigenvalue weighted by molar-refractivity contribution is -0.139. The minimum atomic E-state index is -0.864. The summed E-state index contributed by atoms with van der Waals surface area (Å²) < 4.78 is 4.63. The summed E-state index contributed by atoms with van der Waals surface area (Å²) in [6, 6.07) is -0.537. The van der Waals surface area contributed by atoms with Gasteiger partial charge in [0.05, 0.1) is 6.61 Å². The fourth-order valence-corrected chi connectivity index (χ4v) is 0.909. The topological polar surface area (TPSA) is 58.6 Å². The summed E-state index contributed by atoms with van der Waals surface area (Å²) >= 11 is 0. The van der Waals surface area contributed by atoms with Crippen molar-refractivity contribution in [2.45, 2.75) is 12.5 Å². The summed E-state index contributed by atoms with van der Waals surface area (Å²) in [5.74, 6) is -0.864. The molecule has 0 saturated heterocycles. The third-order valence-corrected chi connectivity index (χ3v) is 1.66. The van der Waals surface area contributed by atoms with Crippen molar-refractivity contribution in [2.75, 3.05) is 6.61 Å². The van der Waals surface area contributed by atoms with Gasteiger partial charge in [-0.25, -0.2) is 0 Å². The lowest BCUT2D eigenvalue weighted by Crippen LogP contribution is -2.30. The van der Waals surface area contributed by atoms with E-state index in [0.29, 0.717) is 13.0 Å². The normalized spacial score (nSPS) is 13.0. The average molecular weight is 183 g/mol. The van der Waals surface area contributed by atoms with Crippen LogP contribution < -0.4 is 5.09 Å². The molecule has 60 valence electrons. The van der Waals surface area contributed by atoms with Gasteiger partial charge in [-0.1, -0.05) is 9.39 Å². The van der Waals surface area contributed by atoms with Crippen molar-refractivity contribution < 1.29 is 14.4 Å². The maximum atomic E-state index is 10.3. The van der Waals surface area contributed by atoms with Crippen molar-refractivity contribution in [3.05, 3.63) is 0 Å². The summed E-state index contributed by atoms with van der Waals surface area (Å²) in [7, 11) is 4.23. The fourth-order valence-electron chi connectivity index (χ4n) is 0.464. The molecule has 6 heteroatoms. The molecule has 0 spiro atoms. The van der Waals surface area contributed by atoms with Crippen LogP contribution in [0.5, 0.6) is 0 Å². The molecule has 0 rings (SSSR count). The van der Waals surface area contributed by atoms with E-state index in [4.69, 9.17) is 5.11 Å². The van der Waals surface area contributed by atoms with Gasteiger partial charge >= 0.3 is 5.97 Å². The second kappa shape index (κ2) is 5.99. The first kappa shape index (κ1) is 10.2. The Bertz CT molecular complexity index is 111. The Morgan fingerprint density at radius 1 is 1.80 bits per heavy atom. The standard InChI is InChI=1S/C4H11NO3P2/c6-4(7)3(5-9)1-2-8-10/h3,5H,1-2,9-10H2,(H,6,7)/t3-/m0/s1. The molecule has 0 aromatic rings. The zero-order valence-electron chi connectivity index (χ0n) is 5.41. The third-order valence-electron chi connectivity index (χ3n) is 1.02. The molecule has 0 bridgehead atoms. The highest BCUT2D eigenvalue weighted by Gasteiger charge is 2.13. The van der Waals surface area contributed by atoms with Gasteiger partial charge in [0.15, 0.2) is 0 Å². The zero-order valence-corrected chi connectivity index (χ0v) is 7.72. The molecule has 2 N–H and O–H groups in total. The van der Waals surface area contributed by atoms with Gasteiger partial charge in [0, 0.05) is 9.47 Å². The zero-order chi connectivity index (χ0) is 7.98. The minimum absolute atomic E-state index is 0.420. The molecule has 0 amide bonds. The number of carbonyl (C=O) groups is 1. The summed E-state index contributed by atoms with van der Waals surface area (Å²) in [5.41, 5.74) is 0. The highest BCUT2D eigenvalue weighted by molar-refractivity contribution is 7.13. The van der Waals surface area contributed by atoms with Gasteiger partial charge in [0.25, 0.3) is 0 Å². The Morgan fingerprint density at radius 2 is 2.40 bits per heavy atom. The average Bonchev–Trinajstić information content (AvgIpc) is 1.89. The van der Waals surface area contributed by atoms with E-state index in [2.05, 4.69) is 28.5 Å². The van der Waals surface area contributed by atoms with Crippen molar-refractivity contribution in [1.29, 1.82) is 0 Å². The second-order valence-corrected chi connectivity index (χ2v) is 2.38. The molecule has 0 fully saturated rings. The van der Waals surface area contributed by atoms with Crippen LogP contribution in [0.1, 0.15) is 6.42 Å². The van der Waals surface area contributed by atoms with E-state index in [-0.39, 0.29) is 0 Å². The van der Waals surface area contributed by atoms with Gasteiger partial charge < -0.3 is 9.63 Å². The molecule has 0 aliphatic rings. The number of rotatable bonds is 5. The highest BCUT2D eigenvalue weighted by Crippen LogP contribution is 1.97. The Labute approximate surface area is 64.3 Å². The number of aliphatic carboxylic acids is 1. The summed E-state index contributed by atoms with van der Waals surface area (Å²) in [6.07, 6.45) is 0.461. The molecule has 0 heterocycles.